The number of amidine groups is 3. The summed E-state index contributed by atoms with van der Waals surface area (Å²) in [5, 5.41) is 97.4. The van der Waals surface area contributed by atoms with E-state index in [0.29, 0.717) is 11.3 Å². The number of nitrogens with zero attached hydrogens (tertiary/aromatic N) is 9. The number of aliphatic hydroxyl groups is 1. The van der Waals surface area contributed by atoms with Gasteiger partial charge >= 0.3 is 0 Å². The second kappa shape index (κ2) is 37.4. The van der Waals surface area contributed by atoms with Gasteiger partial charge in [0.2, 0.25) is 0 Å². The number of nitrogen functional groups attached to an aromatic ring is 2. The van der Waals surface area contributed by atoms with E-state index in [-0.39, 0.29) is 66.1 Å². The number of phenolic OH excluding ortho intramolecular Hbond substituents is 2. The lowest BCUT2D eigenvalue weighted by Crippen LogP contribution is -2.12. The van der Waals surface area contributed by atoms with Crippen molar-refractivity contribution in [2.75, 3.05) is 6.61 Å². The summed E-state index contributed by atoms with van der Waals surface area (Å²) in [6.07, 6.45) is 27.8. The molecule has 0 spiro atoms. The number of nitrogens with one attached hydrogen (secondary N) is 8. The van der Waals surface area contributed by atoms with Crippen LogP contribution < -0.4 is 17.2 Å². The molecule has 0 bridgehead atoms. The third kappa shape index (κ3) is 16.5. The van der Waals surface area contributed by atoms with Crippen LogP contribution in [0, 0.1) is 29.0 Å². The van der Waals surface area contributed by atoms with Crippen molar-refractivity contribution in [1.29, 1.82) is 16.2 Å². The number of H-pyrrole nitrogens is 5. The number of phenols is 2. The van der Waals surface area contributed by atoms with Crippen LogP contribution in [0.15, 0.2) is 212 Å². The van der Waals surface area contributed by atoms with Crippen LogP contribution in [0.3, 0.4) is 0 Å². The molecule has 20 aromatic rings. The lowest BCUT2D eigenvalue weighted by atomic mass is 9.85. The molecule has 10 aromatic heterocycles. The van der Waals surface area contributed by atoms with Gasteiger partial charge in [-0.05, 0) is 312 Å². The van der Waals surface area contributed by atoms with Gasteiger partial charge in [-0.1, -0.05) is 78.0 Å². The topological polar surface area (TPSA) is 425 Å². The highest BCUT2D eigenvalue weighted by atomic mass is 35.5. The van der Waals surface area contributed by atoms with Crippen LogP contribution in [0.4, 0.5) is 4.39 Å². The molecule has 0 unspecified atom stereocenters. The molecule has 10 heterocycles. The molecule has 24 nitrogen and oxygen atoms in total. The van der Waals surface area contributed by atoms with Crippen molar-refractivity contribution in [2.45, 2.75) is 135 Å². The van der Waals surface area contributed by atoms with Crippen molar-refractivity contribution in [3.05, 3.63) is 296 Å². The molecule has 5 aliphatic rings. The fourth-order valence-electron chi connectivity index (χ4n) is 21.0. The minimum absolute atomic E-state index is 0. The third-order valence-corrected chi connectivity index (χ3v) is 27.3. The number of aliphatic hydroxyl groups excluding tert-OH is 1. The van der Waals surface area contributed by atoms with Crippen molar-refractivity contribution in [1.82, 2.24) is 65.5 Å². The molecule has 0 saturated carbocycles. The van der Waals surface area contributed by atoms with Gasteiger partial charge in [0.15, 0.2) is 17.4 Å². The molecule has 676 valence electrons. The number of aromatic nitrogens is 13. The first-order valence-corrected chi connectivity index (χ1v) is 45.7. The Morgan fingerprint density at radius 2 is 0.785 bits per heavy atom. The number of aromatic amines is 5. The van der Waals surface area contributed by atoms with Crippen molar-refractivity contribution in [3.8, 4) is 67.8 Å². The van der Waals surface area contributed by atoms with Gasteiger partial charge in [0.25, 0.3) is 0 Å². The van der Waals surface area contributed by atoms with E-state index in [1.165, 1.54) is 144 Å². The number of halogens is 3. The van der Waals surface area contributed by atoms with Crippen molar-refractivity contribution in [3.63, 3.8) is 0 Å². The van der Waals surface area contributed by atoms with Crippen LogP contribution in [0.2, 0.25) is 0 Å². The van der Waals surface area contributed by atoms with Gasteiger partial charge in [-0.3, -0.25) is 31.1 Å². The van der Waals surface area contributed by atoms with E-state index in [2.05, 4.69) is 118 Å². The molecule has 18 N–H and O–H groups in total. The Morgan fingerprint density at radius 3 is 1.27 bits per heavy atom. The number of benzene rings is 10. The quantitative estimate of drug-likeness (QED) is 0.0262. The summed E-state index contributed by atoms with van der Waals surface area (Å²) in [7, 11) is 0. The predicted molar refractivity (Wildman–Crippen MR) is 543 cm³/mol. The highest BCUT2D eigenvalue weighted by Gasteiger charge is 2.29. The maximum atomic E-state index is 13.9. The summed E-state index contributed by atoms with van der Waals surface area (Å²) in [6, 6.07) is 60.1. The molecule has 0 aliphatic heterocycles. The Labute approximate surface area is 787 Å². The number of hydrogen-bond donors (Lipinski definition) is 15. The number of pyridine rings is 5. The van der Waals surface area contributed by atoms with E-state index < -0.39 is 5.82 Å². The van der Waals surface area contributed by atoms with Crippen molar-refractivity contribution >= 4 is 157 Å². The number of nitrogens with two attached hydrogens (primary N) is 3. The van der Waals surface area contributed by atoms with Crippen LogP contribution in [0.5, 0.6) is 11.5 Å². The molecule has 0 saturated heterocycles. The molecule has 0 radical (unpaired) electrons. The van der Waals surface area contributed by atoms with Gasteiger partial charge in [-0.25, -0.2) is 24.3 Å². The molecular weight excluding hydrogens is 1730 g/mol. The van der Waals surface area contributed by atoms with Gasteiger partial charge < -0.3 is 53.1 Å². The normalized spacial score (nSPS) is 13.8. The Kier molecular flexibility index (Phi) is 24.6. The number of fused-ring (bicyclic) bond motifs is 25. The summed E-state index contributed by atoms with van der Waals surface area (Å²) in [6.45, 7) is 1.72. The van der Waals surface area contributed by atoms with E-state index in [1.54, 1.807) is 18.2 Å². The summed E-state index contributed by atoms with van der Waals surface area (Å²) in [4.78, 5) is 31.6. The van der Waals surface area contributed by atoms with Crippen LogP contribution in [0.1, 0.15) is 148 Å². The summed E-state index contributed by atoms with van der Waals surface area (Å²) < 4.78 is 13.9. The van der Waals surface area contributed by atoms with E-state index >= 15 is 0 Å². The minimum atomic E-state index is -0.606. The van der Waals surface area contributed by atoms with Gasteiger partial charge in [-0.2, -0.15) is 15.3 Å². The van der Waals surface area contributed by atoms with Gasteiger partial charge in [-0.15, -0.1) is 24.8 Å². The maximum absolute atomic E-state index is 13.9. The Hall–Kier alpha value is -15.3. The minimum Gasteiger partial charge on any atom is -0.508 e. The first kappa shape index (κ1) is 88.9. The summed E-state index contributed by atoms with van der Waals surface area (Å²) in [5.74, 6) is -0.388. The standard InChI is InChI=1S/C22H19FN2O.C22H20N4O2.C22H20N4.C21H19N5O.C21H19N5.2ClH/c1-12-10-16-18(24-12)7-8-19-21(16)14-4-2-3-5-15(14)22(25-19)13-6-9-20(26)17(23)11-13;23-16(11-27)22-20-18(25-26-22)10-9-17-19(20)14-3-1-2-4-15(14)21(24-17)12-5-7-13(28)8-6-12;23-22(24)14-7-5-13(6-8-14)21-16-4-2-1-3-15(16)20-17-11-12-25-18(17)9-10-19(20)26-21;22-21(26-27)13-7-5-12(6-8-13)20-15-4-2-1-3-14(15)19-16-11-23-25-17(16)9-10-18(19)24-20;22-21(23)13-7-5-12(6-8-13)20-15-4-2-1-3-14(15)19-16-11-24-26-17(16)9-10-18(19)25-20;;/h6-11,24,26H,2-5H2,1H3;5-10,23,27-28H,1-4,11H2,(H,25,26);5-12,26H,1-4H2,(H3,23,24);5-11,27H,1-4H2,(H2,22,26)(H,23,25);5-11H,1-4H2,(H3,22,23)(H,24,26);2*1H. The number of hydrogen-bond acceptors (Lipinski definition) is 16. The van der Waals surface area contributed by atoms with Crippen LogP contribution in [-0.2, 0) is 64.2 Å². The smallest absolute Gasteiger partial charge is 0.170 e. The lowest BCUT2D eigenvalue weighted by molar-refractivity contribution is 0.318. The third-order valence-electron chi connectivity index (χ3n) is 27.3. The number of rotatable bonds is 10. The average Bonchev–Trinajstić information content (AvgIpc) is 1.73. The van der Waals surface area contributed by atoms with Crippen LogP contribution in [-0.4, -0.2) is 116 Å². The zero-order chi connectivity index (χ0) is 90.8. The largest absolute Gasteiger partial charge is 0.508 e. The molecule has 0 fully saturated rings. The second-order valence-corrected chi connectivity index (χ2v) is 35.3. The first-order valence-electron chi connectivity index (χ1n) is 45.7. The number of aromatic hydroxyl groups is 2. The van der Waals surface area contributed by atoms with Crippen LogP contribution in [0.25, 0.3) is 165 Å². The zero-order valence-corrected chi connectivity index (χ0v) is 75.9. The Balaban J connectivity index is 0.000000108. The Morgan fingerprint density at radius 1 is 0.385 bits per heavy atom. The summed E-state index contributed by atoms with van der Waals surface area (Å²) >= 11 is 0. The molecule has 0 atom stereocenters. The molecule has 25 rings (SSSR count). The van der Waals surface area contributed by atoms with E-state index in [0.717, 1.165) is 234 Å². The van der Waals surface area contributed by atoms with Gasteiger partial charge in [0.1, 0.15) is 23.1 Å². The molecule has 27 heteroatoms. The van der Waals surface area contributed by atoms with Gasteiger partial charge in [0.05, 0.1) is 91.6 Å². The molecule has 135 heavy (non-hydrogen) atoms. The van der Waals surface area contributed by atoms with Crippen molar-refractivity contribution < 1.29 is 24.9 Å². The van der Waals surface area contributed by atoms with E-state index in [1.807, 2.05) is 116 Å². The highest BCUT2D eigenvalue weighted by molar-refractivity contribution is 6.19. The maximum Gasteiger partial charge on any atom is 0.170 e. The zero-order valence-electron chi connectivity index (χ0n) is 74.2. The molecule has 0 amide bonds. The van der Waals surface area contributed by atoms with Crippen LogP contribution >= 0.6 is 24.8 Å². The molecular formula is C108H99Cl2FN20O4. The first-order chi connectivity index (χ1) is 65.0. The molecule has 10 aromatic carbocycles. The average molecular weight is 1830 g/mol. The predicted octanol–water partition coefficient (Wildman–Crippen LogP) is 22.2. The van der Waals surface area contributed by atoms with Crippen molar-refractivity contribution in [2.24, 2.45) is 22.4 Å². The van der Waals surface area contributed by atoms with E-state index in [4.69, 9.17) is 58.6 Å². The SMILES string of the molecule is Cc1cc2c(ccc3nc(-c4ccc(O)c(F)c4)c4c(c32)CCCC4)[nH]1.Cl.Cl.N=C(CO)c1n[nH]c2ccc3nc(-c4ccc(O)cc4)c4c(c3c12)CCCC4.N=C(N)c1ccc(-c2[nH]c3ccc4nccc4c3c3c2CCCC3)cc1.N=C(N)c1ccc(-c2nc3ccc4[nH]ncc4c3c3c2CCCC3)cc1.NC(=NO)c1ccc(-c2nc3ccc4[nH]ncc4c3c3c2CCCC3)cc1. The number of aryl methyl sites for hydroxylation is 6. The van der Waals surface area contributed by atoms with E-state index in [9.17, 15) is 19.7 Å². The monoisotopic (exact) mass is 1830 g/mol. The second-order valence-electron chi connectivity index (χ2n) is 35.3. The fraction of sp³-hybridized carbons (Fsp3) is 0.204. The lowest BCUT2D eigenvalue weighted by Gasteiger charge is -2.23. The Bertz CT molecular complexity index is 7940. The number of oxime groups is 1. The van der Waals surface area contributed by atoms with Gasteiger partial charge in [0, 0.05) is 121 Å². The molecule has 5 aliphatic carbocycles. The fourth-order valence-corrected chi connectivity index (χ4v) is 21.0. The summed E-state index contributed by atoms with van der Waals surface area (Å²) in [5.41, 5.74) is 54.5. The highest BCUT2D eigenvalue weighted by Crippen LogP contribution is 2.46.